The lowest BCUT2D eigenvalue weighted by atomic mass is 9.76. The molecule has 2 N–H and O–H groups in total. The van der Waals surface area contributed by atoms with Crippen molar-refractivity contribution in [2.75, 3.05) is 5.32 Å². The minimum absolute atomic E-state index is 0.582. The molecule has 1 heterocycles. The molecule has 4 rings (SSSR count). The fourth-order valence-corrected chi connectivity index (χ4v) is 3.78. The molecular weight excluding hydrogens is 324 g/mol. The highest BCUT2D eigenvalue weighted by molar-refractivity contribution is 9.10. The first-order valence-electron chi connectivity index (χ1n) is 7.38. The van der Waals surface area contributed by atoms with Crippen LogP contribution in [0.25, 0.3) is 10.9 Å². The Labute approximate surface area is 132 Å². The monoisotopic (exact) mass is 340 g/mol. The van der Waals surface area contributed by atoms with Crippen LogP contribution in [-0.4, -0.2) is 11.0 Å². The predicted molar refractivity (Wildman–Crippen MR) is 91.8 cm³/mol. The first-order chi connectivity index (χ1) is 10.3. The van der Waals surface area contributed by atoms with Gasteiger partial charge < -0.3 is 10.3 Å². The smallest absolute Gasteiger partial charge is 0.0455 e. The number of aromatic nitrogens is 1. The number of anilines is 1. The Bertz CT molecular complexity index is 771. The molecule has 1 aliphatic carbocycles. The molecule has 2 nitrogen and oxygen atoms in total. The summed E-state index contributed by atoms with van der Waals surface area (Å²) in [4.78, 5) is 3.23. The quantitative estimate of drug-likeness (QED) is 0.666. The number of halogens is 1. The zero-order valence-corrected chi connectivity index (χ0v) is 13.2. The van der Waals surface area contributed by atoms with Gasteiger partial charge in [0.1, 0.15) is 0 Å². The standard InChI is InChI=1S/C18H17BrN2/c19-17-4-2-1-3-16(17)13-10-15(11-13)21-14-5-6-18-12(9-14)7-8-20-18/h1-9,13,15,20-21H,10-11H2. The molecule has 0 amide bonds. The van der Waals surface area contributed by atoms with E-state index in [0.29, 0.717) is 12.0 Å². The molecule has 0 saturated heterocycles. The molecule has 0 bridgehead atoms. The SMILES string of the molecule is Brc1ccccc1C1CC(Nc2ccc3[nH]ccc3c2)C1. The number of hydrogen-bond donors (Lipinski definition) is 2. The summed E-state index contributed by atoms with van der Waals surface area (Å²) in [7, 11) is 0. The van der Waals surface area contributed by atoms with E-state index in [1.165, 1.54) is 39.5 Å². The van der Waals surface area contributed by atoms with Gasteiger partial charge in [-0.2, -0.15) is 0 Å². The number of aromatic amines is 1. The van der Waals surface area contributed by atoms with Gasteiger partial charge in [-0.15, -0.1) is 0 Å². The molecule has 0 aliphatic heterocycles. The van der Waals surface area contributed by atoms with Crippen LogP contribution in [0.3, 0.4) is 0 Å². The van der Waals surface area contributed by atoms with Crippen molar-refractivity contribution in [1.29, 1.82) is 0 Å². The van der Waals surface area contributed by atoms with Crippen LogP contribution in [0.2, 0.25) is 0 Å². The van der Waals surface area contributed by atoms with Crippen LogP contribution in [0.5, 0.6) is 0 Å². The van der Waals surface area contributed by atoms with Gasteiger partial charge in [0.2, 0.25) is 0 Å². The Balaban J connectivity index is 1.43. The number of H-pyrrole nitrogens is 1. The minimum atomic E-state index is 0.582. The third-order valence-electron chi connectivity index (χ3n) is 4.41. The Hall–Kier alpha value is -1.74. The second-order valence-electron chi connectivity index (χ2n) is 5.81. The lowest BCUT2D eigenvalue weighted by molar-refractivity contribution is 0.373. The topological polar surface area (TPSA) is 27.8 Å². The summed E-state index contributed by atoms with van der Waals surface area (Å²) >= 11 is 3.66. The third-order valence-corrected chi connectivity index (χ3v) is 5.13. The number of rotatable bonds is 3. The highest BCUT2D eigenvalue weighted by Gasteiger charge is 2.31. The van der Waals surface area contributed by atoms with Gasteiger partial charge in [0.15, 0.2) is 0 Å². The first-order valence-corrected chi connectivity index (χ1v) is 8.17. The van der Waals surface area contributed by atoms with Crippen molar-refractivity contribution in [3.05, 3.63) is 64.8 Å². The Kier molecular flexibility index (Phi) is 3.23. The molecule has 3 aromatic rings. The average molecular weight is 341 g/mol. The van der Waals surface area contributed by atoms with E-state index in [-0.39, 0.29) is 0 Å². The fourth-order valence-electron chi connectivity index (χ4n) is 3.17. The van der Waals surface area contributed by atoms with E-state index in [2.05, 4.69) is 74.8 Å². The summed E-state index contributed by atoms with van der Waals surface area (Å²) in [5, 5.41) is 4.92. The summed E-state index contributed by atoms with van der Waals surface area (Å²) in [6.45, 7) is 0. The minimum Gasteiger partial charge on any atom is -0.382 e. The summed E-state index contributed by atoms with van der Waals surface area (Å²) in [5.74, 6) is 0.675. The largest absolute Gasteiger partial charge is 0.382 e. The maximum Gasteiger partial charge on any atom is 0.0455 e. The van der Waals surface area contributed by atoms with Crippen molar-refractivity contribution in [2.45, 2.75) is 24.8 Å². The molecule has 1 saturated carbocycles. The Morgan fingerprint density at radius 1 is 1.05 bits per heavy atom. The Morgan fingerprint density at radius 3 is 2.76 bits per heavy atom. The highest BCUT2D eigenvalue weighted by Crippen LogP contribution is 2.41. The molecule has 1 aromatic heterocycles. The van der Waals surface area contributed by atoms with Crippen LogP contribution in [-0.2, 0) is 0 Å². The molecule has 1 aliphatic rings. The van der Waals surface area contributed by atoms with Gasteiger partial charge in [-0.3, -0.25) is 0 Å². The van der Waals surface area contributed by atoms with Gasteiger partial charge in [-0.1, -0.05) is 34.1 Å². The van der Waals surface area contributed by atoms with Crippen LogP contribution < -0.4 is 5.32 Å². The average Bonchev–Trinajstić information content (AvgIpc) is 2.91. The van der Waals surface area contributed by atoms with Crippen LogP contribution in [0, 0.1) is 0 Å². The molecule has 0 unspecified atom stereocenters. The molecule has 2 aromatic carbocycles. The van der Waals surface area contributed by atoms with E-state index in [4.69, 9.17) is 0 Å². The Morgan fingerprint density at radius 2 is 1.90 bits per heavy atom. The maximum atomic E-state index is 3.66. The van der Waals surface area contributed by atoms with E-state index in [0.717, 1.165) is 0 Å². The molecule has 1 fully saturated rings. The number of benzene rings is 2. The second kappa shape index (κ2) is 5.23. The lowest BCUT2D eigenvalue weighted by Gasteiger charge is -2.37. The summed E-state index contributed by atoms with van der Waals surface area (Å²) in [5.41, 5.74) is 3.86. The van der Waals surface area contributed by atoms with Crippen molar-refractivity contribution >= 4 is 32.5 Å². The van der Waals surface area contributed by atoms with Gasteiger partial charge in [0.25, 0.3) is 0 Å². The maximum absolute atomic E-state index is 3.66. The van der Waals surface area contributed by atoms with Crippen LogP contribution >= 0.6 is 15.9 Å². The molecule has 0 atom stereocenters. The van der Waals surface area contributed by atoms with Gasteiger partial charge >= 0.3 is 0 Å². The predicted octanol–water partition coefficient (Wildman–Crippen LogP) is 5.29. The zero-order valence-electron chi connectivity index (χ0n) is 11.6. The van der Waals surface area contributed by atoms with Crippen molar-refractivity contribution in [2.24, 2.45) is 0 Å². The third kappa shape index (κ3) is 2.46. The molecular formula is C18H17BrN2. The normalized spacial score (nSPS) is 21.2. The molecule has 106 valence electrons. The van der Waals surface area contributed by atoms with Crippen LogP contribution in [0.15, 0.2) is 59.2 Å². The molecule has 0 spiro atoms. The van der Waals surface area contributed by atoms with E-state index in [9.17, 15) is 0 Å². The zero-order chi connectivity index (χ0) is 14.2. The first kappa shape index (κ1) is 13.0. The van der Waals surface area contributed by atoms with Crippen LogP contribution in [0.1, 0.15) is 24.3 Å². The van der Waals surface area contributed by atoms with E-state index >= 15 is 0 Å². The van der Waals surface area contributed by atoms with Crippen molar-refractivity contribution in [3.8, 4) is 0 Å². The van der Waals surface area contributed by atoms with Crippen LogP contribution in [0.4, 0.5) is 5.69 Å². The van der Waals surface area contributed by atoms with Gasteiger partial charge in [-0.25, -0.2) is 0 Å². The van der Waals surface area contributed by atoms with Gasteiger partial charge in [0, 0.05) is 33.3 Å². The molecule has 21 heavy (non-hydrogen) atoms. The fraction of sp³-hybridized carbons (Fsp3) is 0.222. The van der Waals surface area contributed by atoms with E-state index in [1.807, 2.05) is 6.20 Å². The lowest BCUT2D eigenvalue weighted by Crippen LogP contribution is -2.34. The summed E-state index contributed by atoms with van der Waals surface area (Å²) in [6.07, 6.45) is 4.39. The highest BCUT2D eigenvalue weighted by atomic mass is 79.9. The van der Waals surface area contributed by atoms with E-state index < -0.39 is 0 Å². The van der Waals surface area contributed by atoms with Gasteiger partial charge in [0.05, 0.1) is 0 Å². The molecule has 3 heteroatoms. The number of nitrogens with one attached hydrogen (secondary N) is 2. The van der Waals surface area contributed by atoms with E-state index in [1.54, 1.807) is 0 Å². The van der Waals surface area contributed by atoms with Gasteiger partial charge in [-0.05, 0) is 54.7 Å². The molecule has 0 radical (unpaired) electrons. The summed E-state index contributed by atoms with van der Waals surface area (Å²) in [6, 6.07) is 17.8. The van der Waals surface area contributed by atoms with Crippen molar-refractivity contribution in [1.82, 2.24) is 4.98 Å². The number of hydrogen-bond acceptors (Lipinski definition) is 1. The van der Waals surface area contributed by atoms with Crippen molar-refractivity contribution < 1.29 is 0 Å². The second-order valence-corrected chi connectivity index (χ2v) is 6.67. The number of fused-ring (bicyclic) bond motifs is 1. The summed E-state index contributed by atoms with van der Waals surface area (Å²) < 4.78 is 1.24. The van der Waals surface area contributed by atoms with Crippen molar-refractivity contribution in [3.63, 3.8) is 0 Å².